The number of halogens is 3. The van der Waals surface area contributed by atoms with Crippen LogP contribution in [0.15, 0.2) is 30.5 Å². The second-order valence-corrected chi connectivity index (χ2v) is 28.0. The van der Waals surface area contributed by atoms with Crippen molar-refractivity contribution >= 4 is 46.0 Å². The van der Waals surface area contributed by atoms with Crippen molar-refractivity contribution in [2.45, 2.75) is 178 Å². The SMILES string of the molecule is CO[C@@H](C)c1ncc(N2CCN(C3CC3)CC2)cc1-c1c2c3cc(ccc3n1CC(F)(F)F)N1CCO[C@@H](C[C@H](NC(=O)[C@H](C3CCCC3)N3CC[C@]4(CCN(C(=O)[C@H]5[C@@H](C6CC6)N5C)C4)C3)C(=O)N3CCC[C@@H](CC(=O)OCC(C)(C)C2)N3)C1. The summed E-state index contributed by atoms with van der Waals surface area (Å²) in [5.74, 6) is 0.120. The molecule has 9 atom stereocenters. The maximum atomic E-state index is 15.4. The average Bonchev–Trinajstić information content (AvgIpc) is 1.71. The third-order valence-corrected chi connectivity index (χ3v) is 21.2. The summed E-state index contributed by atoms with van der Waals surface area (Å²) in [5, 5.41) is 5.60. The number of amides is 3. The standard InChI is InChI=1S/C64H90F3N11O7/c1-40(83-5)54-49(31-46(34-68-54)73-25-23-72(24-26-73)44-14-15-44)57-50-33-62(2,3)39-85-53(79)29-43-11-8-20-78(70-43)60(81)51(32-47-35-74(27-28-84-47)45-16-17-52(48(50)30-45)77(57)38-64(65,66)67)69-59(80)56(41-9-6-7-10-41)75-21-18-63(36-75)19-22-76(37-63)61(82)58-55(71(58)4)42-12-13-42/h16-17,30-31,34,40-44,47,51,55-56,58,70H,6-15,18-29,32-33,35-39H2,1-5H3,(H,69,80)/t40-,43-,47-,51-,55+,56-,58+,63-,71?/m0/s1. The molecule has 3 aromatic rings. The normalized spacial score (nSPS) is 30.9. The number of ether oxygens (including phenoxy) is 3. The quantitative estimate of drug-likeness (QED) is 0.142. The number of fused-ring (bicyclic) bond motifs is 6. The molecule has 6 bridgehead atoms. The van der Waals surface area contributed by atoms with E-state index in [1.54, 1.807) is 18.2 Å². The van der Waals surface area contributed by atoms with Gasteiger partial charge in [0.1, 0.15) is 18.6 Å². The van der Waals surface area contributed by atoms with Crippen LogP contribution < -0.4 is 20.5 Å². The fourth-order valence-electron chi connectivity index (χ4n) is 16.3. The fourth-order valence-corrected chi connectivity index (χ4v) is 16.3. The number of methoxy groups -OCH3 is 1. The maximum Gasteiger partial charge on any atom is 0.406 e. The Balaban J connectivity index is 0.822. The lowest BCUT2D eigenvalue weighted by Crippen LogP contribution is -2.61. The van der Waals surface area contributed by atoms with Crippen LogP contribution in [0.5, 0.6) is 0 Å². The molecule has 1 unspecified atom stereocenters. The number of benzene rings is 1. The van der Waals surface area contributed by atoms with Gasteiger partial charge < -0.3 is 38.8 Å². The summed E-state index contributed by atoms with van der Waals surface area (Å²) >= 11 is 0. The smallest absolute Gasteiger partial charge is 0.406 e. The van der Waals surface area contributed by atoms with E-state index in [2.05, 4.69) is 47.2 Å². The van der Waals surface area contributed by atoms with Crippen molar-refractivity contribution in [3.8, 4) is 11.3 Å². The van der Waals surface area contributed by atoms with Crippen molar-refractivity contribution in [3.05, 3.63) is 41.7 Å². The summed E-state index contributed by atoms with van der Waals surface area (Å²) in [6.07, 6.45) is 8.46. The predicted octanol–water partition coefficient (Wildman–Crippen LogP) is 6.92. The number of morpholine rings is 1. The van der Waals surface area contributed by atoms with Crippen LogP contribution in [-0.2, 0) is 46.4 Å². The van der Waals surface area contributed by atoms with E-state index in [-0.39, 0.29) is 61.0 Å². The number of esters is 1. The Hall–Kier alpha value is -5.06. The molecule has 3 amide bonds. The van der Waals surface area contributed by atoms with E-state index in [0.29, 0.717) is 97.0 Å². The fraction of sp³-hybridized carbons (Fsp3) is 0.734. The van der Waals surface area contributed by atoms with Crippen LogP contribution in [0.1, 0.15) is 128 Å². The number of alkyl halides is 3. The Morgan fingerprint density at radius 2 is 1.68 bits per heavy atom. The lowest BCUT2D eigenvalue weighted by Gasteiger charge is -2.39. The molecule has 2 aromatic heterocycles. The average molecular weight is 1180 g/mol. The van der Waals surface area contributed by atoms with Crippen molar-refractivity contribution in [1.29, 1.82) is 0 Å². The minimum atomic E-state index is -4.59. The number of nitrogens with zero attached hydrogens (tertiary/aromatic N) is 9. The summed E-state index contributed by atoms with van der Waals surface area (Å²) in [4.78, 5) is 77.3. The second kappa shape index (κ2) is 23.5. The maximum absolute atomic E-state index is 15.4. The molecule has 18 nitrogen and oxygen atoms in total. The van der Waals surface area contributed by atoms with Gasteiger partial charge in [-0.3, -0.25) is 43.9 Å². The molecule has 9 fully saturated rings. The summed E-state index contributed by atoms with van der Waals surface area (Å²) in [6.45, 7) is 12.4. The van der Waals surface area contributed by atoms with Crippen LogP contribution in [0.3, 0.4) is 0 Å². The van der Waals surface area contributed by atoms with Crippen LogP contribution in [0, 0.1) is 22.7 Å². The van der Waals surface area contributed by atoms with Crippen molar-refractivity contribution in [3.63, 3.8) is 0 Å². The highest BCUT2D eigenvalue weighted by Crippen LogP contribution is 2.49. The number of hydrogen-bond donors (Lipinski definition) is 2. The zero-order chi connectivity index (χ0) is 59.1. The number of hydrogen-bond acceptors (Lipinski definition) is 14. The van der Waals surface area contributed by atoms with E-state index in [1.165, 1.54) is 30.3 Å². The zero-order valence-corrected chi connectivity index (χ0v) is 50.7. The van der Waals surface area contributed by atoms with E-state index in [0.717, 1.165) is 95.7 Å². The number of anilines is 2. The van der Waals surface area contributed by atoms with Crippen LogP contribution in [-0.4, -0.2) is 206 Å². The van der Waals surface area contributed by atoms with Crippen LogP contribution >= 0.6 is 0 Å². The van der Waals surface area contributed by atoms with Gasteiger partial charge in [-0.1, -0.05) is 26.7 Å². The molecule has 7 aliphatic heterocycles. The van der Waals surface area contributed by atoms with Gasteiger partial charge in [-0.05, 0) is 133 Å². The van der Waals surface area contributed by atoms with Crippen LogP contribution in [0.25, 0.3) is 22.2 Å². The van der Waals surface area contributed by atoms with E-state index < -0.39 is 54.4 Å². The van der Waals surface area contributed by atoms with Crippen molar-refractivity contribution in [1.82, 2.24) is 44.9 Å². The first-order valence-corrected chi connectivity index (χ1v) is 32.2. The van der Waals surface area contributed by atoms with Gasteiger partial charge in [0.05, 0.1) is 61.2 Å². The second-order valence-electron chi connectivity index (χ2n) is 28.0. The summed E-state index contributed by atoms with van der Waals surface area (Å²) in [6, 6.07) is 6.86. The monoisotopic (exact) mass is 1180 g/mol. The molecular formula is C64H90F3N11O7. The number of carbonyl (C=O) groups is 4. The van der Waals surface area contributed by atoms with Gasteiger partial charge in [0.15, 0.2) is 0 Å². The molecular weight excluding hydrogens is 1090 g/mol. The minimum absolute atomic E-state index is 0.00793. The van der Waals surface area contributed by atoms with Crippen molar-refractivity contribution < 1.29 is 46.6 Å². The first-order chi connectivity index (χ1) is 40.8. The van der Waals surface area contributed by atoms with Gasteiger partial charge in [0, 0.05) is 130 Å². The number of rotatable bonds is 12. The van der Waals surface area contributed by atoms with Gasteiger partial charge in [-0.25, -0.2) is 5.43 Å². The van der Waals surface area contributed by atoms with E-state index >= 15 is 22.8 Å². The Morgan fingerprint density at radius 1 is 0.906 bits per heavy atom. The number of aromatic nitrogens is 2. The number of hydrazine groups is 1. The highest BCUT2D eigenvalue weighted by atomic mass is 19.4. The number of piperazine rings is 1. The van der Waals surface area contributed by atoms with Gasteiger partial charge in [-0.2, -0.15) is 13.2 Å². The lowest BCUT2D eigenvalue weighted by atomic mass is 9.84. The molecule has 10 aliphatic rings. The molecule has 2 N–H and O–H groups in total. The molecule has 464 valence electrons. The molecule has 9 heterocycles. The topological polar surface area (TPSA) is 160 Å². The van der Waals surface area contributed by atoms with Crippen molar-refractivity contribution in [2.75, 3.05) is 109 Å². The molecule has 1 aromatic carbocycles. The number of cyclic esters (lactones) is 1. The molecule has 21 heteroatoms. The van der Waals surface area contributed by atoms with E-state index in [4.69, 9.17) is 19.2 Å². The summed E-state index contributed by atoms with van der Waals surface area (Å²) in [5.41, 5.74) is 6.79. The molecule has 3 aliphatic carbocycles. The Kier molecular flexibility index (Phi) is 16.3. The molecule has 3 saturated carbocycles. The summed E-state index contributed by atoms with van der Waals surface area (Å²) in [7, 11) is 3.67. The van der Waals surface area contributed by atoms with Gasteiger partial charge in [0.25, 0.3) is 5.91 Å². The number of likely N-dealkylation sites (N-methyl/N-ethyl adjacent to an activating group) is 1. The lowest BCUT2D eigenvalue weighted by molar-refractivity contribution is -0.150. The van der Waals surface area contributed by atoms with Gasteiger partial charge >= 0.3 is 12.1 Å². The molecule has 85 heavy (non-hydrogen) atoms. The number of pyridine rings is 1. The van der Waals surface area contributed by atoms with Crippen LogP contribution in [0.2, 0.25) is 0 Å². The molecule has 0 radical (unpaired) electrons. The molecule has 6 saturated heterocycles. The Bertz CT molecular complexity index is 2990. The van der Waals surface area contributed by atoms with Crippen molar-refractivity contribution in [2.24, 2.45) is 22.7 Å². The van der Waals surface area contributed by atoms with Crippen LogP contribution in [0.4, 0.5) is 24.5 Å². The summed E-state index contributed by atoms with van der Waals surface area (Å²) < 4.78 is 65.9. The zero-order valence-electron chi connectivity index (χ0n) is 50.7. The minimum Gasteiger partial charge on any atom is -0.465 e. The number of nitrogens with one attached hydrogen (secondary N) is 2. The van der Waals surface area contributed by atoms with E-state index in [1.807, 2.05) is 45.2 Å². The van der Waals surface area contributed by atoms with E-state index in [9.17, 15) is 9.59 Å². The molecule has 13 rings (SSSR count). The largest absolute Gasteiger partial charge is 0.465 e. The third-order valence-electron chi connectivity index (χ3n) is 21.2. The van der Waals surface area contributed by atoms with Gasteiger partial charge in [-0.15, -0.1) is 0 Å². The number of carbonyl (C=O) groups excluding carboxylic acids is 4. The first kappa shape index (κ1) is 58.9. The Morgan fingerprint density at radius 3 is 2.42 bits per heavy atom. The highest BCUT2D eigenvalue weighted by molar-refractivity contribution is 5.95. The third kappa shape index (κ3) is 12.4. The number of likely N-dealkylation sites (tertiary alicyclic amines) is 2. The first-order valence-electron chi connectivity index (χ1n) is 32.2. The predicted molar refractivity (Wildman–Crippen MR) is 317 cm³/mol. The Labute approximate surface area is 498 Å². The highest BCUT2D eigenvalue weighted by Gasteiger charge is 2.59. The van der Waals surface area contributed by atoms with Gasteiger partial charge in [0.2, 0.25) is 11.8 Å². The molecule has 1 spiro atoms.